The summed E-state index contributed by atoms with van der Waals surface area (Å²) in [6.07, 6.45) is 0.260. The van der Waals surface area contributed by atoms with E-state index in [0.717, 1.165) is 0 Å². The van der Waals surface area contributed by atoms with Gasteiger partial charge in [-0.1, -0.05) is 13.8 Å². The topological polar surface area (TPSA) is 129 Å². The van der Waals surface area contributed by atoms with Crippen LogP contribution in [0, 0.1) is 40.9 Å². The van der Waals surface area contributed by atoms with E-state index in [1.165, 1.54) is 24.3 Å². The zero-order valence-electron chi connectivity index (χ0n) is 23.2. The molecule has 230 valence electrons. The van der Waals surface area contributed by atoms with Gasteiger partial charge in [-0.05, 0) is 49.4 Å². The molecule has 1 aliphatic rings. The Labute approximate surface area is 242 Å². The molecule has 9 nitrogen and oxygen atoms in total. The van der Waals surface area contributed by atoms with Gasteiger partial charge in [-0.15, -0.1) is 0 Å². The molecule has 3 atom stereocenters. The van der Waals surface area contributed by atoms with Crippen LogP contribution in [0.15, 0.2) is 30.3 Å². The minimum absolute atomic E-state index is 0.0155. The highest BCUT2D eigenvalue weighted by molar-refractivity contribution is 6.01. The van der Waals surface area contributed by atoms with Crippen LogP contribution in [-0.2, 0) is 14.4 Å². The van der Waals surface area contributed by atoms with E-state index in [9.17, 15) is 41.1 Å². The second-order valence-electron chi connectivity index (χ2n) is 10.7. The minimum Gasteiger partial charge on any atom is -0.479 e. The summed E-state index contributed by atoms with van der Waals surface area (Å²) in [4.78, 5) is 54.6. The van der Waals surface area contributed by atoms with Crippen LogP contribution >= 0.6 is 0 Å². The second-order valence-corrected chi connectivity index (χ2v) is 10.7. The number of aromatic amines is 1. The largest absolute Gasteiger partial charge is 0.479 e. The Hall–Kier alpha value is -4.49. The lowest BCUT2D eigenvalue weighted by Crippen LogP contribution is -2.53. The number of halogens is 5. The fourth-order valence-corrected chi connectivity index (χ4v) is 4.78. The van der Waals surface area contributed by atoms with Crippen molar-refractivity contribution in [1.82, 2.24) is 20.9 Å². The first-order valence-electron chi connectivity index (χ1n) is 13.5. The van der Waals surface area contributed by atoms with Gasteiger partial charge in [0.2, 0.25) is 23.4 Å². The molecule has 1 aromatic heterocycles. The Morgan fingerprint density at radius 1 is 0.977 bits per heavy atom. The molecule has 3 aromatic rings. The molecule has 0 unspecified atom stereocenters. The summed E-state index contributed by atoms with van der Waals surface area (Å²) in [7, 11) is 0. The Morgan fingerprint density at radius 3 is 2.30 bits per heavy atom. The van der Waals surface area contributed by atoms with Crippen LogP contribution in [0.3, 0.4) is 0 Å². The average Bonchev–Trinajstić information content (AvgIpc) is 3.56. The molecule has 1 aliphatic heterocycles. The monoisotopic (exact) mass is 608 g/mol. The van der Waals surface area contributed by atoms with Crippen LogP contribution < -0.4 is 20.7 Å². The van der Waals surface area contributed by atoms with Crippen molar-refractivity contribution in [2.45, 2.75) is 45.2 Å². The van der Waals surface area contributed by atoms with E-state index in [-0.39, 0.29) is 36.4 Å². The van der Waals surface area contributed by atoms with Gasteiger partial charge in [0.05, 0.1) is 6.04 Å². The van der Waals surface area contributed by atoms with Crippen molar-refractivity contribution in [1.29, 1.82) is 0 Å². The van der Waals surface area contributed by atoms with E-state index < -0.39 is 77.0 Å². The Morgan fingerprint density at radius 2 is 1.67 bits per heavy atom. The van der Waals surface area contributed by atoms with Gasteiger partial charge >= 0.3 is 0 Å². The van der Waals surface area contributed by atoms with Gasteiger partial charge in [-0.25, -0.2) is 13.2 Å². The standard InChI is InChI=1S/C29H29F5N4O5/c1-13(2)7-21(38-29(42)22-10-15-8-16(30)3-4-19(15)36-22)28(41)37-20(9-14-5-6-35-27(14)40)23(39)12-43-26-24(33)17(31)11-18(32)25(26)34/h3-4,8,10-11,13-14,20-21,36H,5-7,9,12H2,1-2H3,(H,35,40)(H,37,41)(H,38,42)/t14-,20-,21-/m0/s1. The van der Waals surface area contributed by atoms with Gasteiger partial charge in [0, 0.05) is 29.4 Å². The summed E-state index contributed by atoms with van der Waals surface area (Å²) in [5.74, 6) is -12.7. The number of aromatic nitrogens is 1. The number of fused-ring (bicyclic) bond motifs is 1. The lowest BCUT2D eigenvalue weighted by molar-refractivity contribution is -0.131. The molecule has 0 bridgehead atoms. The fraction of sp³-hybridized carbons (Fsp3) is 0.379. The molecule has 0 aliphatic carbocycles. The third kappa shape index (κ3) is 7.48. The van der Waals surface area contributed by atoms with Crippen molar-refractivity contribution in [2.24, 2.45) is 11.8 Å². The maximum atomic E-state index is 14.1. The Balaban J connectivity index is 1.52. The molecule has 2 aromatic carbocycles. The quantitative estimate of drug-likeness (QED) is 0.184. The van der Waals surface area contributed by atoms with Crippen molar-refractivity contribution < 1.29 is 45.9 Å². The Kier molecular flexibility index (Phi) is 9.66. The highest BCUT2D eigenvalue weighted by Crippen LogP contribution is 2.27. The third-order valence-corrected chi connectivity index (χ3v) is 6.97. The predicted molar refractivity (Wildman–Crippen MR) is 143 cm³/mol. The van der Waals surface area contributed by atoms with Crippen LogP contribution in [0.5, 0.6) is 5.75 Å². The molecule has 1 fully saturated rings. The van der Waals surface area contributed by atoms with Crippen LogP contribution in [0.25, 0.3) is 10.9 Å². The van der Waals surface area contributed by atoms with E-state index >= 15 is 0 Å². The molecule has 2 heterocycles. The number of Topliss-reactive ketones (excluding diaryl/α,β-unsaturated/α-hetero) is 1. The Bertz CT molecular complexity index is 1530. The number of benzene rings is 2. The number of hydrogen-bond donors (Lipinski definition) is 4. The molecule has 43 heavy (non-hydrogen) atoms. The van der Waals surface area contributed by atoms with Crippen molar-refractivity contribution >= 4 is 34.4 Å². The van der Waals surface area contributed by atoms with Crippen LogP contribution in [0.1, 0.15) is 43.6 Å². The zero-order chi connectivity index (χ0) is 31.4. The van der Waals surface area contributed by atoms with E-state index in [1.54, 1.807) is 13.8 Å². The molecule has 0 saturated carbocycles. The van der Waals surface area contributed by atoms with Gasteiger partial charge in [0.15, 0.2) is 23.2 Å². The van der Waals surface area contributed by atoms with Gasteiger partial charge < -0.3 is 25.7 Å². The molecule has 3 amide bonds. The smallest absolute Gasteiger partial charge is 0.268 e. The second kappa shape index (κ2) is 13.2. The molecule has 1 saturated heterocycles. The first kappa shape index (κ1) is 31.4. The molecular weight excluding hydrogens is 579 g/mol. The first-order valence-corrected chi connectivity index (χ1v) is 13.5. The van der Waals surface area contributed by atoms with Crippen molar-refractivity contribution in [2.75, 3.05) is 13.2 Å². The molecule has 14 heteroatoms. The van der Waals surface area contributed by atoms with Crippen molar-refractivity contribution in [3.05, 3.63) is 65.1 Å². The number of nitrogens with one attached hydrogen (secondary N) is 4. The van der Waals surface area contributed by atoms with Gasteiger partial charge in [0.1, 0.15) is 24.2 Å². The number of amides is 3. The number of ketones is 1. The summed E-state index contributed by atoms with van der Waals surface area (Å²) in [5, 5.41) is 8.11. The predicted octanol–water partition coefficient (Wildman–Crippen LogP) is 3.67. The SMILES string of the molecule is CC(C)C[C@H](NC(=O)c1cc2cc(F)ccc2[nH]1)C(=O)N[C@@H](C[C@@H]1CCNC1=O)C(=O)COc1c(F)c(F)cc(F)c1F. The molecule has 4 rings (SSSR count). The van der Waals surface area contributed by atoms with Crippen LogP contribution in [-0.4, -0.2) is 53.7 Å². The molecular formula is C29H29F5N4O5. The van der Waals surface area contributed by atoms with E-state index in [2.05, 4.69) is 20.9 Å². The van der Waals surface area contributed by atoms with E-state index in [1.807, 2.05) is 0 Å². The summed E-state index contributed by atoms with van der Waals surface area (Å²) < 4.78 is 73.7. The molecule has 0 spiro atoms. The third-order valence-electron chi connectivity index (χ3n) is 6.97. The molecule has 4 N–H and O–H groups in total. The summed E-state index contributed by atoms with van der Waals surface area (Å²) in [6.45, 7) is 2.81. The number of hydrogen-bond acceptors (Lipinski definition) is 5. The number of H-pyrrole nitrogens is 1. The van der Waals surface area contributed by atoms with Crippen LogP contribution in [0.4, 0.5) is 22.0 Å². The van der Waals surface area contributed by atoms with Crippen LogP contribution in [0.2, 0.25) is 0 Å². The number of carbonyl (C=O) groups is 4. The highest BCUT2D eigenvalue weighted by atomic mass is 19.2. The first-order chi connectivity index (χ1) is 20.3. The van der Waals surface area contributed by atoms with E-state index in [4.69, 9.17) is 4.74 Å². The van der Waals surface area contributed by atoms with Gasteiger partial charge in [-0.3, -0.25) is 19.2 Å². The summed E-state index contributed by atoms with van der Waals surface area (Å²) in [5.41, 5.74) is 0.542. The minimum atomic E-state index is -1.85. The average molecular weight is 609 g/mol. The van der Waals surface area contributed by atoms with E-state index in [0.29, 0.717) is 23.9 Å². The number of ether oxygens (including phenoxy) is 1. The van der Waals surface area contributed by atoms with Crippen molar-refractivity contribution in [3.63, 3.8) is 0 Å². The van der Waals surface area contributed by atoms with Crippen molar-refractivity contribution in [3.8, 4) is 5.75 Å². The normalized spacial score (nSPS) is 16.2. The number of rotatable bonds is 12. The fourth-order valence-electron chi connectivity index (χ4n) is 4.78. The number of carbonyl (C=O) groups excluding carboxylic acids is 4. The zero-order valence-corrected chi connectivity index (χ0v) is 23.2. The highest BCUT2D eigenvalue weighted by Gasteiger charge is 2.34. The maximum absolute atomic E-state index is 14.1. The van der Waals surface area contributed by atoms with Gasteiger partial charge in [0.25, 0.3) is 5.91 Å². The lowest BCUT2D eigenvalue weighted by atomic mass is 9.95. The summed E-state index contributed by atoms with van der Waals surface area (Å²) >= 11 is 0. The van der Waals surface area contributed by atoms with Gasteiger partial charge in [-0.2, -0.15) is 8.78 Å². The lowest BCUT2D eigenvalue weighted by Gasteiger charge is -2.25. The maximum Gasteiger partial charge on any atom is 0.268 e. The molecule has 0 radical (unpaired) electrons. The summed E-state index contributed by atoms with van der Waals surface area (Å²) in [6, 6.07) is 2.70.